The Kier molecular flexibility index (Phi) is 13.1. The first-order chi connectivity index (χ1) is 21.7. The molecule has 5 N–H and O–H groups in total. The average Bonchev–Trinajstić information content (AvgIpc) is 3.31. The highest BCUT2D eigenvalue weighted by Gasteiger charge is 2.47. The van der Waals surface area contributed by atoms with Gasteiger partial charge in [-0.05, 0) is 52.2 Å². The average molecular weight is 649 g/mol. The first-order valence-corrected chi connectivity index (χ1v) is 15.4. The Morgan fingerprint density at radius 1 is 0.957 bits per heavy atom. The zero-order chi connectivity index (χ0) is 34.0. The summed E-state index contributed by atoms with van der Waals surface area (Å²) in [5.41, 5.74) is -0.209. The molecular weight excluding hydrogens is 604 g/mol. The number of hydrogen-bond donors (Lipinski definition) is 5. The van der Waals surface area contributed by atoms with Gasteiger partial charge >= 0.3 is 11.9 Å². The lowest BCUT2D eigenvalue weighted by Crippen LogP contribution is -2.57. The Bertz CT molecular complexity index is 1270. The Morgan fingerprint density at radius 2 is 1.65 bits per heavy atom. The maximum atomic E-state index is 12.3. The standard InChI is InChI=1S/C32H44N2O12/c1-32(2,3)31(43)45-18-19-9-10-20(46-23-17-21(30(41)42)27(38)29(40)28(23)39)16-22(19)44-15-7-13-33-24(35)8-5-4-6-14-34-25(36)11-12-26(34)37/h9-12,16,21,23,27-29,38-40H,4-8,13-15,17-18H2,1-3H3,(H,33,35)(H,41,42)/t21-,23+,27+,28-,29-/m0/s1. The lowest BCUT2D eigenvalue weighted by molar-refractivity contribution is -0.174. The van der Waals surface area contributed by atoms with E-state index in [0.717, 1.165) is 0 Å². The zero-order valence-electron chi connectivity index (χ0n) is 26.3. The molecule has 3 amide bonds. The van der Waals surface area contributed by atoms with Crippen LogP contribution in [0.3, 0.4) is 0 Å². The zero-order valence-corrected chi connectivity index (χ0v) is 26.3. The van der Waals surface area contributed by atoms with Gasteiger partial charge in [0.15, 0.2) is 0 Å². The molecule has 1 aliphatic carbocycles. The van der Waals surface area contributed by atoms with Gasteiger partial charge in [-0.25, -0.2) is 0 Å². The topological polar surface area (TPSA) is 209 Å². The van der Waals surface area contributed by atoms with E-state index in [9.17, 15) is 44.4 Å². The molecule has 1 saturated carbocycles. The summed E-state index contributed by atoms with van der Waals surface area (Å²) in [4.78, 5) is 60.4. The molecule has 46 heavy (non-hydrogen) atoms. The summed E-state index contributed by atoms with van der Waals surface area (Å²) in [6, 6.07) is 4.63. The molecule has 1 heterocycles. The van der Waals surface area contributed by atoms with Crippen LogP contribution in [0.1, 0.15) is 64.9 Å². The number of rotatable bonds is 16. The summed E-state index contributed by atoms with van der Waals surface area (Å²) in [5, 5.41) is 42.9. The summed E-state index contributed by atoms with van der Waals surface area (Å²) in [6.45, 7) is 5.89. The number of carbonyl (C=O) groups is 5. The van der Waals surface area contributed by atoms with E-state index in [0.29, 0.717) is 56.5 Å². The third-order valence-corrected chi connectivity index (χ3v) is 7.68. The predicted octanol–water partition coefficient (Wildman–Crippen LogP) is 1.08. The van der Waals surface area contributed by atoms with Crippen molar-refractivity contribution in [2.45, 2.75) is 90.3 Å². The Hall–Kier alpha value is -4.01. The van der Waals surface area contributed by atoms with Crippen molar-refractivity contribution in [3.05, 3.63) is 35.9 Å². The molecule has 254 valence electrons. The molecule has 1 fully saturated rings. The number of carboxylic acids is 1. The number of carbonyl (C=O) groups excluding carboxylic acids is 4. The number of esters is 1. The summed E-state index contributed by atoms with van der Waals surface area (Å²) in [7, 11) is 0. The molecule has 2 aliphatic rings. The second-order valence-electron chi connectivity index (χ2n) is 12.4. The first-order valence-electron chi connectivity index (χ1n) is 15.4. The molecule has 14 heteroatoms. The van der Waals surface area contributed by atoms with Crippen molar-refractivity contribution in [3.8, 4) is 11.5 Å². The fourth-order valence-electron chi connectivity index (χ4n) is 4.90. The molecule has 0 aromatic heterocycles. The van der Waals surface area contributed by atoms with E-state index in [1.54, 1.807) is 26.8 Å². The maximum absolute atomic E-state index is 12.3. The number of nitrogens with zero attached hydrogens (tertiary/aromatic N) is 1. The lowest BCUT2D eigenvalue weighted by Gasteiger charge is -2.38. The molecule has 3 rings (SSSR count). The molecule has 0 spiro atoms. The van der Waals surface area contributed by atoms with Crippen LogP contribution < -0.4 is 14.8 Å². The summed E-state index contributed by atoms with van der Waals surface area (Å²) in [6.07, 6.45) is -1.16. The van der Waals surface area contributed by atoms with Crippen molar-refractivity contribution in [2.24, 2.45) is 11.3 Å². The lowest BCUT2D eigenvalue weighted by atomic mass is 9.81. The molecule has 14 nitrogen and oxygen atoms in total. The van der Waals surface area contributed by atoms with Crippen LogP contribution in [0.15, 0.2) is 30.4 Å². The summed E-state index contributed by atoms with van der Waals surface area (Å²) < 4.78 is 17.2. The number of benzene rings is 1. The number of nitrogens with one attached hydrogen (secondary N) is 1. The van der Waals surface area contributed by atoms with Crippen LogP contribution in [0, 0.1) is 11.3 Å². The first kappa shape index (κ1) is 36.5. The van der Waals surface area contributed by atoms with Crippen molar-refractivity contribution >= 4 is 29.7 Å². The number of aliphatic hydroxyl groups excluding tert-OH is 3. The molecule has 0 radical (unpaired) electrons. The van der Waals surface area contributed by atoms with E-state index in [2.05, 4.69) is 5.32 Å². The van der Waals surface area contributed by atoms with Crippen LogP contribution in [0.2, 0.25) is 0 Å². The molecule has 5 atom stereocenters. The minimum absolute atomic E-state index is 0.100. The van der Waals surface area contributed by atoms with E-state index >= 15 is 0 Å². The Labute approximate surface area is 267 Å². The second-order valence-corrected chi connectivity index (χ2v) is 12.4. The summed E-state index contributed by atoms with van der Waals surface area (Å²) in [5.74, 6) is -3.37. The quantitative estimate of drug-likeness (QED) is 0.0969. The van der Waals surface area contributed by atoms with Crippen LogP contribution >= 0.6 is 0 Å². The fourth-order valence-corrected chi connectivity index (χ4v) is 4.90. The van der Waals surface area contributed by atoms with Crippen molar-refractivity contribution in [1.29, 1.82) is 0 Å². The maximum Gasteiger partial charge on any atom is 0.311 e. The van der Waals surface area contributed by atoms with Crippen molar-refractivity contribution in [1.82, 2.24) is 10.2 Å². The number of aliphatic carboxylic acids is 1. The third-order valence-electron chi connectivity index (χ3n) is 7.68. The van der Waals surface area contributed by atoms with Crippen LogP contribution in [-0.4, -0.2) is 99.1 Å². The van der Waals surface area contributed by atoms with Crippen LogP contribution in [-0.2, 0) is 35.3 Å². The van der Waals surface area contributed by atoms with E-state index in [4.69, 9.17) is 14.2 Å². The molecular formula is C32H44N2O12. The SMILES string of the molecule is CC(C)(C)C(=O)OCc1ccc(O[C@@H]2C[C@H](C(=O)O)[C@@H](O)[C@H](O)[C@H]2O)cc1OCCCNC(=O)CCCCCN1C(=O)C=CC1=O. The van der Waals surface area contributed by atoms with Crippen molar-refractivity contribution in [2.75, 3.05) is 19.7 Å². The predicted molar refractivity (Wildman–Crippen MR) is 161 cm³/mol. The number of aliphatic hydroxyl groups is 3. The highest BCUT2D eigenvalue weighted by Crippen LogP contribution is 2.32. The minimum Gasteiger partial charge on any atom is -0.493 e. The number of hydrogen-bond acceptors (Lipinski definition) is 11. The molecule has 0 saturated heterocycles. The Morgan fingerprint density at radius 3 is 2.30 bits per heavy atom. The van der Waals surface area contributed by atoms with Gasteiger partial charge in [0, 0.05) is 49.7 Å². The van der Waals surface area contributed by atoms with Gasteiger partial charge in [0.05, 0.1) is 24.0 Å². The molecule has 1 aromatic rings. The van der Waals surface area contributed by atoms with Crippen LogP contribution in [0.25, 0.3) is 0 Å². The number of unbranched alkanes of at least 4 members (excludes halogenated alkanes) is 2. The van der Waals surface area contributed by atoms with Gasteiger partial charge < -0.3 is 40.0 Å². The number of amides is 3. The third kappa shape index (κ3) is 10.3. The monoisotopic (exact) mass is 648 g/mol. The van der Waals surface area contributed by atoms with E-state index < -0.39 is 47.7 Å². The number of ether oxygens (including phenoxy) is 3. The smallest absolute Gasteiger partial charge is 0.311 e. The fraction of sp³-hybridized carbons (Fsp3) is 0.594. The van der Waals surface area contributed by atoms with Gasteiger partial charge in [0.2, 0.25) is 5.91 Å². The van der Waals surface area contributed by atoms with Gasteiger partial charge in [-0.1, -0.05) is 6.42 Å². The largest absolute Gasteiger partial charge is 0.493 e. The number of imide groups is 1. The number of carboxylic acid groups (broad SMARTS) is 1. The van der Waals surface area contributed by atoms with Crippen LogP contribution in [0.5, 0.6) is 11.5 Å². The molecule has 0 unspecified atom stereocenters. The van der Waals surface area contributed by atoms with E-state index in [-0.39, 0.29) is 43.1 Å². The van der Waals surface area contributed by atoms with Crippen molar-refractivity contribution in [3.63, 3.8) is 0 Å². The molecule has 1 aliphatic heterocycles. The van der Waals surface area contributed by atoms with E-state index in [1.807, 2.05) is 0 Å². The van der Waals surface area contributed by atoms with Crippen molar-refractivity contribution < 1.29 is 58.6 Å². The minimum atomic E-state index is -1.72. The molecule has 0 bridgehead atoms. The Balaban J connectivity index is 1.51. The van der Waals surface area contributed by atoms with Gasteiger partial charge in [0.1, 0.15) is 36.4 Å². The highest BCUT2D eigenvalue weighted by molar-refractivity contribution is 6.12. The van der Waals surface area contributed by atoms with E-state index in [1.165, 1.54) is 29.2 Å². The normalized spacial score (nSPS) is 22.9. The van der Waals surface area contributed by atoms with Gasteiger partial charge in [-0.2, -0.15) is 0 Å². The molecule has 1 aromatic carbocycles. The summed E-state index contributed by atoms with van der Waals surface area (Å²) >= 11 is 0. The van der Waals surface area contributed by atoms with Gasteiger partial charge in [0.25, 0.3) is 11.8 Å². The van der Waals surface area contributed by atoms with Gasteiger partial charge in [-0.3, -0.25) is 28.9 Å². The highest BCUT2D eigenvalue weighted by atomic mass is 16.5. The second kappa shape index (κ2) is 16.5. The van der Waals surface area contributed by atoms with Crippen LogP contribution in [0.4, 0.5) is 0 Å². The van der Waals surface area contributed by atoms with Gasteiger partial charge in [-0.15, -0.1) is 0 Å².